The van der Waals surface area contributed by atoms with Crippen LogP contribution in [0.5, 0.6) is 0 Å². The summed E-state index contributed by atoms with van der Waals surface area (Å²) in [5.74, 6) is 0.814. The molecule has 0 spiro atoms. The Bertz CT molecular complexity index is 999. The van der Waals surface area contributed by atoms with E-state index in [0.717, 1.165) is 33.6 Å². The van der Waals surface area contributed by atoms with Crippen LogP contribution in [0, 0.1) is 0 Å². The third kappa shape index (κ3) is 2.58. The van der Waals surface area contributed by atoms with Crippen LogP contribution in [-0.4, -0.2) is 11.9 Å². The number of nitrogens with zero attached hydrogens (tertiary/aromatic N) is 2. The third-order valence-corrected chi connectivity index (χ3v) is 4.84. The standard InChI is InChI=1S/C22H24N2O/c1-21(2,3)15-7-13-8-18(19-16-12-23-10-14(16)11-24-19)25-20(13)17(9-15)22(4,5)6/h7-12H,1-6H3. The average Bonchev–Trinajstić information content (AvgIpc) is 3.18. The Morgan fingerprint density at radius 1 is 0.880 bits per heavy atom. The van der Waals surface area contributed by atoms with E-state index in [9.17, 15) is 0 Å². The summed E-state index contributed by atoms with van der Waals surface area (Å²) in [6, 6.07) is 6.67. The third-order valence-electron chi connectivity index (χ3n) is 4.84. The van der Waals surface area contributed by atoms with Gasteiger partial charge in [-0.05, 0) is 28.5 Å². The Morgan fingerprint density at radius 2 is 1.64 bits per heavy atom. The first-order valence-electron chi connectivity index (χ1n) is 8.75. The molecule has 0 aliphatic carbocycles. The molecule has 0 fully saturated rings. The molecule has 0 radical (unpaired) electrons. The number of benzene rings is 1. The van der Waals surface area contributed by atoms with E-state index in [4.69, 9.17) is 4.42 Å². The fraction of sp³-hybridized carbons (Fsp3) is 0.364. The van der Waals surface area contributed by atoms with E-state index in [0.29, 0.717) is 0 Å². The van der Waals surface area contributed by atoms with Gasteiger partial charge in [0, 0.05) is 40.7 Å². The van der Waals surface area contributed by atoms with Crippen LogP contribution >= 0.6 is 0 Å². The first-order valence-corrected chi connectivity index (χ1v) is 8.75. The van der Waals surface area contributed by atoms with Crippen molar-refractivity contribution in [2.75, 3.05) is 0 Å². The molecule has 3 nitrogen and oxygen atoms in total. The zero-order chi connectivity index (χ0) is 18.0. The molecule has 0 amide bonds. The number of allylic oxidation sites excluding steroid dienone is 2. The monoisotopic (exact) mass is 332 g/mol. The van der Waals surface area contributed by atoms with Gasteiger partial charge in [-0.15, -0.1) is 0 Å². The molecule has 3 heteroatoms. The Hall–Kier alpha value is -2.42. The van der Waals surface area contributed by atoms with E-state index in [1.807, 2.05) is 18.6 Å². The highest BCUT2D eigenvalue weighted by molar-refractivity contribution is 6.22. The summed E-state index contributed by atoms with van der Waals surface area (Å²) in [6.07, 6.45) is 5.55. The topological polar surface area (TPSA) is 37.9 Å². The van der Waals surface area contributed by atoms with Crippen molar-refractivity contribution in [1.82, 2.24) is 0 Å². The second-order valence-electron chi connectivity index (χ2n) is 8.94. The number of furan rings is 1. The summed E-state index contributed by atoms with van der Waals surface area (Å²) in [4.78, 5) is 8.77. The molecule has 4 rings (SSSR count). The Morgan fingerprint density at radius 3 is 2.32 bits per heavy atom. The maximum absolute atomic E-state index is 6.32. The van der Waals surface area contributed by atoms with Crippen molar-refractivity contribution in [3.63, 3.8) is 0 Å². The zero-order valence-corrected chi connectivity index (χ0v) is 15.8. The molecule has 0 bridgehead atoms. The SMILES string of the molecule is CC(C)(C)c1cc(C(C)(C)C)c2oc(C3=NC=C4C=NC=C43)cc2c1. The van der Waals surface area contributed by atoms with Crippen molar-refractivity contribution in [2.45, 2.75) is 52.4 Å². The van der Waals surface area contributed by atoms with Gasteiger partial charge in [-0.3, -0.25) is 9.98 Å². The maximum atomic E-state index is 6.32. The minimum absolute atomic E-state index is 0.00522. The van der Waals surface area contributed by atoms with Gasteiger partial charge in [0.1, 0.15) is 11.3 Å². The molecule has 25 heavy (non-hydrogen) atoms. The summed E-state index contributed by atoms with van der Waals surface area (Å²) in [6.45, 7) is 13.4. The Balaban J connectivity index is 1.91. The number of rotatable bonds is 1. The molecule has 0 saturated carbocycles. The van der Waals surface area contributed by atoms with Crippen LogP contribution in [0.4, 0.5) is 0 Å². The molecule has 0 N–H and O–H groups in total. The molecule has 1 aromatic heterocycles. The van der Waals surface area contributed by atoms with Crippen molar-refractivity contribution < 1.29 is 4.42 Å². The second kappa shape index (κ2) is 5.04. The van der Waals surface area contributed by atoms with Gasteiger partial charge in [0.25, 0.3) is 0 Å². The average molecular weight is 332 g/mol. The van der Waals surface area contributed by atoms with Crippen LogP contribution in [0.25, 0.3) is 11.0 Å². The van der Waals surface area contributed by atoms with Crippen LogP contribution in [0.2, 0.25) is 0 Å². The molecule has 2 aliphatic rings. The van der Waals surface area contributed by atoms with Gasteiger partial charge in [-0.2, -0.15) is 0 Å². The summed E-state index contributed by atoms with van der Waals surface area (Å²) in [5.41, 5.74) is 6.61. The number of hydrogen-bond donors (Lipinski definition) is 0. The molecule has 128 valence electrons. The van der Waals surface area contributed by atoms with E-state index in [2.05, 4.69) is 69.7 Å². The minimum atomic E-state index is 0.00522. The molecular weight excluding hydrogens is 308 g/mol. The Labute approximate surface area is 148 Å². The first kappa shape index (κ1) is 16.1. The van der Waals surface area contributed by atoms with E-state index in [1.54, 1.807) is 0 Å². The van der Waals surface area contributed by atoms with E-state index in [-0.39, 0.29) is 10.8 Å². The summed E-state index contributed by atoms with van der Waals surface area (Å²) < 4.78 is 6.32. The zero-order valence-electron chi connectivity index (χ0n) is 15.8. The largest absolute Gasteiger partial charge is 0.454 e. The molecule has 3 heterocycles. The quantitative estimate of drug-likeness (QED) is 0.661. The van der Waals surface area contributed by atoms with Crippen molar-refractivity contribution in [3.05, 3.63) is 58.6 Å². The minimum Gasteiger partial charge on any atom is -0.454 e. The molecule has 0 saturated heterocycles. The summed E-state index contributed by atoms with van der Waals surface area (Å²) >= 11 is 0. The lowest BCUT2D eigenvalue weighted by Gasteiger charge is -2.25. The van der Waals surface area contributed by atoms with Crippen molar-refractivity contribution in [2.24, 2.45) is 9.98 Å². The molecule has 0 atom stereocenters. The van der Waals surface area contributed by atoms with Gasteiger partial charge in [0.05, 0.1) is 0 Å². The lowest BCUT2D eigenvalue weighted by Crippen LogP contribution is -2.16. The normalized spacial score (nSPS) is 17.0. The fourth-order valence-corrected chi connectivity index (χ4v) is 3.30. The first-order chi connectivity index (χ1) is 11.6. The van der Waals surface area contributed by atoms with E-state index < -0.39 is 0 Å². The highest BCUT2D eigenvalue weighted by Gasteiger charge is 2.27. The van der Waals surface area contributed by atoms with Crippen LogP contribution in [0.15, 0.2) is 56.1 Å². The van der Waals surface area contributed by atoms with Crippen molar-refractivity contribution in [3.8, 4) is 0 Å². The summed E-state index contributed by atoms with van der Waals surface area (Å²) in [7, 11) is 0. The number of aliphatic imine (C=N–C) groups is 2. The highest BCUT2D eigenvalue weighted by atomic mass is 16.3. The second-order valence-corrected chi connectivity index (χ2v) is 8.94. The molecular formula is C22H24N2O. The van der Waals surface area contributed by atoms with Gasteiger partial charge in [0.15, 0.2) is 5.76 Å². The maximum Gasteiger partial charge on any atom is 0.154 e. The van der Waals surface area contributed by atoms with Gasteiger partial charge in [0.2, 0.25) is 0 Å². The molecule has 2 aromatic rings. The summed E-state index contributed by atoms with van der Waals surface area (Å²) in [5, 5.41) is 1.14. The van der Waals surface area contributed by atoms with Gasteiger partial charge in [-0.25, -0.2) is 0 Å². The fourth-order valence-electron chi connectivity index (χ4n) is 3.30. The Kier molecular flexibility index (Phi) is 3.24. The van der Waals surface area contributed by atoms with Crippen LogP contribution in [-0.2, 0) is 10.8 Å². The number of fused-ring (bicyclic) bond motifs is 2. The van der Waals surface area contributed by atoms with Crippen LogP contribution < -0.4 is 0 Å². The smallest absolute Gasteiger partial charge is 0.154 e. The highest BCUT2D eigenvalue weighted by Crippen LogP contribution is 2.38. The number of hydrogen-bond acceptors (Lipinski definition) is 3. The molecule has 1 aromatic carbocycles. The van der Waals surface area contributed by atoms with E-state index >= 15 is 0 Å². The van der Waals surface area contributed by atoms with Gasteiger partial charge >= 0.3 is 0 Å². The lowest BCUT2D eigenvalue weighted by molar-refractivity contribution is 0.547. The van der Waals surface area contributed by atoms with Gasteiger partial charge < -0.3 is 4.42 Å². The van der Waals surface area contributed by atoms with Crippen LogP contribution in [0.1, 0.15) is 58.4 Å². The molecule has 2 aliphatic heterocycles. The van der Waals surface area contributed by atoms with Crippen molar-refractivity contribution >= 4 is 22.9 Å². The lowest BCUT2D eigenvalue weighted by atomic mass is 9.80. The predicted octanol–water partition coefficient (Wildman–Crippen LogP) is 5.68. The molecule has 0 unspecified atom stereocenters. The van der Waals surface area contributed by atoms with Crippen LogP contribution in [0.3, 0.4) is 0 Å². The van der Waals surface area contributed by atoms with Gasteiger partial charge in [-0.1, -0.05) is 47.6 Å². The van der Waals surface area contributed by atoms with Crippen molar-refractivity contribution in [1.29, 1.82) is 0 Å². The predicted molar refractivity (Wildman–Crippen MR) is 105 cm³/mol. The van der Waals surface area contributed by atoms with E-state index in [1.165, 1.54) is 11.1 Å².